The molecule has 0 spiro atoms. The van der Waals surface area contributed by atoms with E-state index < -0.39 is 11.8 Å². The van der Waals surface area contributed by atoms with E-state index in [-0.39, 0.29) is 12.2 Å². The van der Waals surface area contributed by atoms with Crippen molar-refractivity contribution in [1.29, 1.82) is 0 Å². The second-order valence-electron chi connectivity index (χ2n) is 5.50. The molecule has 0 atom stereocenters. The average molecular weight is 391 g/mol. The summed E-state index contributed by atoms with van der Waals surface area (Å²) in [5.74, 6) is 5.44. The monoisotopic (exact) mass is 390 g/mol. The minimum absolute atomic E-state index is 0.0626. The molecular formula is C20H20ClFN2O3. The zero-order valence-corrected chi connectivity index (χ0v) is 15.8. The summed E-state index contributed by atoms with van der Waals surface area (Å²) in [7, 11) is 1.43. The number of hydrogen-bond donors (Lipinski definition) is 1. The number of anilines is 1. The van der Waals surface area contributed by atoms with Gasteiger partial charge in [0.2, 0.25) is 0 Å². The van der Waals surface area contributed by atoms with Crippen LogP contribution in [-0.2, 0) is 9.53 Å². The van der Waals surface area contributed by atoms with Crippen LogP contribution in [0.5, 0.6) is 5.75 Å². The van der Waals surface area contributed by atoms with E-state index in [1.807, 2.05) is 0 Å². The molecule has 0 saturated carbocycles. The topological polar surface area (TPSA) is 64.8 Å². The lowest BCUT2D eigenvalue weighted by Gasteiger charge is -2.23. The van der Waals surface area contributed by atoms with Crippen molar-refractivity contribution in [3.05, 3.63) is 77.1 Å². The lowest BCUT2D eigenvalue weighted by atomic mass is 10.1. The highest BCUT2D eigenvalue weighted by molar-refractivity contribution is 6.30. The first kappa shape index (κ1) is 20.5. The summed E-state index contributed by atoms with van der Waals surface area (Å²) in [6.45, 7) is 5.61. The van der Waals surface area contributed by atoms with Crippen LogP contribution in [0.3, 0.4) is 0 Å². The molecule has 0 radical (unpaired) electrons. The van der Waals surface area contributed by atoms with Gasteiger partial charge in [0.15, 0.2) is 0 Å². The number of nitrogens with zero attached hydrogens (tertiary/aromatic N) is 1. The van der Waals surface area contributed by atoms with E-state index in [1.54, 1.807) is 37.3 Å². The van der Waals surface area contributed by atoms with Gasteiger partial charge in [-0.1, -0.05) is 24.2 Å². The summed E-state index contributed by atoms with van der Waals surface area (Å²) < 4.78 is 24.1. The van der Waals surface area contributed by atoms with E-state index in [2.05, 4.69) is 6.58 Å². The lowest BCUT2D eigenvalue weighted by Crippen LogP contribution is -2.29. The van der Waals surface area contributed by atoms with Crippen molar-refractivity contribution in [2.24, 2.45) is 5.84 Å². The minimum atomic E-state index is -0.599. The highest BCUT2D eigenvalue weighted by Gasteiger charge is 2.16. The maximum atomic E-state index is 14.0. The smallest absolute Gasteiger partial charge is 0.337 e. The highest BCUT2D eigenvalue weighted by Crippen LogP contribution is 2.29. The van der Waals surface area contributed by atoms with Gasteiger partial charge in [-0.3, -0.25) is 5.01 Å². The maximum Gasteiger partial charge on any atom is 0.337 e. The fourth-order valence-corrected chi connectivity index (χ4v) is 2.52. The van der Waals surface area contributed by atoms with E-state index in [4.69, 9.17) is 26.9 Å². The van der Waals surface area contributed by atoms with Gasteiger partial charge in [-0.2, -0.15) is 0 Å². The Morgan fingerprint density at radius 3 is 2.70 bits per heavy atom. The van der Waals surface area contributed by atoms with Crippen LogP contribution in [0.2, 0.25) is 5.02 Å². The van der Waals surface area contributed by atoms with E-state index in [1.165, 1.54) is 30.3 Å². The quantitative estimate of drug-likeness (QED) is 0.250. The van der Waals surface area contributed by atoms with Crippen LogP contribution in [0.15, 0.2) is 60.7 Å². The summed E-state index contributed by atoms with van der Waals surface area (Å²) in [6, 6.07) is 10.9. The summed E-state index contributed by atoms with van der Waals surface area (Å²) in [5.41, 5.74) is 1.30. The number of nitrogens with two attached hydrogens (primary N) is 1. The number of esters is 1. The Kier molecular flexibility index (Phi) is 6.98. The van der Waals surface area contributed by atoms with Gasteiger partial charge in [-0.15, -0.1) is 0 Å². The normalized spacial score (nSPS) is 11.1. The molecule has 0 aliphatic heterocycles. The molecule has 7 heteroatoms. The molecule has 0 saturated heterocycles. The van der Waals surface area contributed by atoms with Gasteiger partial charge < -0.3 is 9.47 Å². The third-order valence-electron chi connectivity index (χ3n) is 3.60. The third kappa shape index (κ3) is 5.32. The van der Waals surface area contributed by atoms with Crippen molar-refractivity contribution in [2.75, 3.05) is 18.7 Å². The third-order valence-corrected chi connectivity index (χ3v) is 3.83. The van der Waals surface area contributed by atoms with Gasteiger partial charge in [0.05, 0.1) is 30.7 Å². The number of hydrazine groups is 1. The molecule has 5 nitrogen and oxygen atoms in total. The second-order valence-corrected chi connectivity index (χ2v) is 5.94. The van der Waals surface area contributed by atoms with Crippen LogP contribution in [0.4, 0.5) is 10.1 Å². The first-order valence-electron chi connectivity index (χ1n) is 8.08. The van der Waals surface area contributed by atoms with Gasteiger partial charge in [-0.05, 0) is 43.3 Å². The molecule has 0 aliphatic carbocycles. The highest BCUT2D eigenvalue weighted by atomic mass is 35.5. The Hall–Kier alpha value is -2.83. The Balaban J connectivity index is 2.56. The molecule has 0 unspecified atom stereocenters. The maximum absolute atomic E-state index is 14.0. The van der Waals surface area contributed by atoms with Crippen LogP contribution in [0.1, 0.15) is 12.5 Å². The van der Waals surface area contributed by atoms with Crippen LogP contribution in [-0.4, -0.2) is 19.7 Å². The molecule has 0 fully saturated rings. The molecule has 0 bridgehead atoms. The van der Waals surface area contributed by atoms with Gasteiger partial charge in [0.1, 0.15) is 11.6 Å². The van der Waals surface area contributed by atoms with E-state index >= 15 is 0 Å². The summed E-state index contributed by atoms with van der Waals surface area (Å²) in [5, 5.41) is 1.76. The minimum Gasteiger partial charge on any atom is -0.497 e. The van der Waals surface area contributed by atoms with Crippen LogP contribution < -0.4 is 15.6 Å². The van der Waals surface area contributed by atoms with Crippen molar-refractivity contribution in [1.82, 2.24) is 0 Å². The Labute approximate surface area is 162 Å². The summed E-state index contributed by atoms with van der Waals surface area (Å²) in [4.78, 5) is 12.0. The molecule has 0 heterocycles. The second kappa shape index (κ2) is 9.21. The first-order valence-corrected chi connectivity index (χ1v) is 8.46. The number of carbonyl (C=O) groups excluding carboxylic acids is 1. The van der Waals surface area contributed by atoms with Gasteiger partial charge >= 0.3 is 5.97 Å². The van der Waals surface area contributed by atoms with E-state index in [9.17, 15) is 9.18 Å². The molecule has 0 aliphatic rings. The SMILES string of the molecule is C=C(/C=C(/c1cc(F)cc(OC)c1)N(N)c1cccc(Cl)c1)C(=O)OCC. The standard InChI is InChI=1S/C20H20ClFN2O3/c1-4-27-20(25)13(2)8-19(14-9-16(22)12-18(10-14)26-3)24(23)17-7-5-6-15(21)11-17/h5-12H,2,4,23H2,1,3H3/b19-8-. The number of carbonyl (C=O) groups is 1. The van der Waals surface area contributed by atoms with E-state index in [0.29, 0.717) is 27.7 Å². The number of hydrogen-bond acceptors (Lipinski definition) is 5. The van der Waals surface area contributed by atoms with Crippen molar-refractivity contribution < 1.29 is 18.7 Å². The van der Waals surface area contributed by atoms with Crippen molar-refractivity contribution in [3.8, 4) is 5.75 Å². The molecular weight excluding hydrogens is 371 g/mol. The Morgan fingerprint density at radius 1 is 1.33 bits per heavy atom. The van der Waals surface area contributed by atoms with E-state index in [0.717, 1.165) is 0 Å². The largest absolute Gasteiger partial charge is 0.497 e. The number of rotatable bonds is 7. The van der Waals surface area contributed by atoms with Crippen molar-refractivity contribution in [3.63, 3.8) is 0 Å². The summed E-state index contributed by atoms with van der Waals surface area (Å²) in [6.07, 6.45) is 1.42. The predicted octanol–water partition coefficient (Wildman–Crippen LogP) is 4.33. The Bertz CT molecular complexity index is 883. The van der Waals surface area contributed by atoms with Crippen molar-refractivity contribution in [2.45, 2.75) is 6.92 Å². The van der Waals surface area contributed by atoms with Crippen LogP contribution in [0, 0.1) is 5.82 Å². The fourth-order valence-electron chi connectivity index (χ4n) is 2.33. The molecule has 2 aromatic rings. The number of halogens is 2. The molecule has 2 aromatic carbocycles. The molecule has 142 valence electrons. The zero-order valence-electron chi connectivity index (χ0n) is 15.0. The molecule has 27 heavy (non-hydrogen) atoms. The number of benzene rings is 2. The number of ether oxygens (including phenoxy) is 2. The van der Waals surface area contributed by atoms with Gasteiger partial charge in [0, 0.05) is 16.7 Å². The van der Waals surface area contributed by atoms with Crippen molar-refractivity contribution >= 4 is 29.0 Å². The predicted molar refractivity (Wildman–Crippen MR) is 105 cm³/mol. The molecule has 0 aromatic heterocycles. The van der Waals surface area contributed by atoms with Gasteiger partial charge in [-0.25, -0.2) is 15.0 Å². The first-order chi connectivity index (χ1) is 12.8. The lowest BCUT2D eigenvalue weighted by molar-refractivity contribution is -0.138. The Morgan fingerprint density at radius 2 is 2.07 bits per heavy atom. The van der Waals surface area contributed by atoms with Crippen LogP contribution >= 0.6 is 11.6 Å². The fraction of sp³-hybridized carbons (Fsp3) is 0.150. The average Bonchev–Trinajstić information content (AvgIpc) is 2.64. The van der Waals surface area contributed by atoms with Crippen LogP contribution in [0.25, 0.3) is 5.70 Å². The molecule has 2 N–H and O–H groups in total. The molecule has 2 rings (SSSR count). The zero-order chi connectivity index (χ0) is 20.0. The number of methoxy groups -OCH3 is 1. The van der Waals surface area contributed by atoms with Gasteiger partial charge in [0.25, 0.3) is 0 Å². The summed E-state index contributed by atoms with van der Waals surface area (Å²) >= 11 is 6.04. The molecule has 0 amide bonds.